The van der Waals surface area contributed by atoms with E-state index >= 15 is 4.39 Å². The number of halogens is 1. The Labute approximate surface area is 162 Å². The third kappa shape index (κ3) is 2.24. The Balaban J connectivity index is 1.88. The number of nitrogens with zero attached hydrogens (tertiary/aromatic N) is 3. The topological polar surface area (TPSA) is 109 Å². The van der Waals surface area contributed by atoms with Crippen molar-refractivity contribution in [3.05, 3.63) is 27.7 Å². The molecule has 4 heterocycles. The van der Waals surface area contributed by atoms with Crippen LogP contribution in [0.15, 0.2) is 16.0 Å². The normalized spacial score (nSPS) is 23.1. The minimum atomic E-state index is -0.535. The van der Waals surface area contributed by atoms with Gasteiger partial charge in [-0.3, -0.25) is 4.79 Å². The molecular formula is C18H17FN4O4S. The van der Waals surface area contributed by atoms with Gasteiger partial charge in [0.25, 0.3) is 0 Å². The van der Waals surface area contributed by atoms with Gasteiger partial charge in [0.15, 0.2) is 0 Å². The molecule has 0 radical (unpaired) electrons. The number of amidine groups is 1. The molecule has 2 atom stereocenters. The van der Waals surface area contributed by atoms with Crippen LogP contribution < -0.4 is 15.5 Å². The molecule has 1 saturated heterocycles. The number of oxime groups is 1. The highest BCUT2D eigenvalue weighted by Gasteiger charge is 2.33. The number of fused-ring (bicyclic) bond motifs is 2. The first-order valence-electron chi connectivity index (χ1n) is 8.97. The molecule has 2 aliphatic rings. The second kappa shape index (κ2) is 6.06. The van der Waals surface area contributed by atoms with Gasteiger partial charge in [-0.25, -0.2) is 4.39 Å². The predicted molar refractivity (Wildman–Crippen MR) is 102 cm³/mol. The minimum absolute atomic E-state index is 0.112. The molecule has 10 heteroatoms. The number of aromatic nitrogens is 2. The molecule has 28 heavy (non-hydrogen) atoms. The molecule has 0 saturated carbocycles. The molecule has 2 unspecified atom stereocenters. The standard InChI is InChI=1S/C18H17FN4O4S/c1-7-6-27-16-12(8-2-3-20-11(4-8)21-26)10(19)5-9-14(16)23(7)18-13(15(9)24)17(25)22-28-18/h5,7-8,26H,2-4,6H2,1H3,(H,20,21)(H,22,25). The lowest BCUT2D eigenvalue weighted by molar-refractivity contribution is 0.245. The van der Waals surface area contributed by atoms with Crippen molar-refractivity contribution in [3.8, 4) is 11.6 Å². The van der Waals surface area contributed by atoms with Gasteiger partial charge in [0.2, 0.25) is 11.3 Å². The first-order chi connectivity index (χ1) is 13.5. The smallest absolute Gasteiger partial charge is 0.236 e. The number of hydrogen-bond donors (Lipinski definition) is 3. The number of hydrogen-bond acceptors (Lipinski definition) is 7. The molecule has 3 N–H and O–H groups in total. The van der Waals surface area contributed by atoms with E-state index in [1.54, 1.807) is 0 Å². The second-order valence-corrected chi connectivity index (χ2v) is 7.96. The molecule has 1 fully saturated rings. The maximum absolute atomic E-state index is 15.2. The Morgan fingerprint density at radius 1 is 1.50 bits per heavy atom. The van der Waals surface area contributed by atoms with Gasteiger partial charge in [0.1, 0.15) is 34.2 Å². The van der Waals surface area contributed by atoms with E-state index < -0.39 is 11.2 Å². The van der Waals surface area contributed by atoms with Crippen molar-refractivity contribution in [1.82, 2.24) is 14.3 Å². The lowest BCUT2D eigenvalue weighted by atomic mass is 9.87. The summed E-state index contributed by atoms with van der Waals surface area (Å²) in [5.74, 6) is -0.361. The molecule has 0 bridgehead atoms. The molecule has 2 aromatic heterocycles. The van der Waals surface area contributed by atoms with Crippen LogP contribution in [0.5, 0.6) is 11.6 Å². The molecule has 1 aromatic carbocycles. The van der Waals surface area contributed by atoms with Crippen molar-refractivity contribution in [2.45, 2.75) is 31.7 Å². The highest BCUT2D eigenvalue weighted by molar-refractivity contribution is 7.13. The summed E-state index contributed by atoms with van der Waals surface area (Å²) < 4.78 is 27.0. The third-order valence-electron chi connectivity index (χ3n) is 5.53. The predicted octanol–water partition coefficient (Wildman–Crippen LogP) is 2.66. The Morgan fingerprint density at radius 3 is 3.11 bits per heavy atom. The molecule has 146 valence electrons. The number of ether oxygens (including phenoxy) is 1. The van der Waals surface area contributed by atoms with E-state index in [2.05, 4.69) is 14.8 Å². The number of pyridine rings is 1. The quantitative estimate of drug-likeness (QED) is 0.425. The van der Waals surface area contributed by atoms with E-state index in [1.807, 2.05) is 11.5 Å². The largest absolute Gasteiger partial charge is 0.492 e. The maximum atomic E-state index is 15.2. The van der Waals surface area contributed by atoms with Crippen molar-refractivity contribution in [1.29, 1.82) is 0 Å². The minimum Gasteiger partial charge on any atom is -0.492 e. The molecule has 3 aromatic rings. The summed E-state index contributed by atoms with van der Waals surface area (Å²) in [6.07, 6.45) is 0.986. The van der Waals surface area contributed by atoms with Crippen LogP contribution in [-0.4, -0.2) is 38.2 Å². The summed E-state index contributed by atoms with van der Waals surface area (Å²) in [7, 11) is 0. The van der Waals surface area contributed by atoms with Gasteiger partial charge in [0.05, 0.1) is 16.9 Å². The van der Waals surface area contributed by atoms with Crippen LogP contribution in [0.4, 0.5) is 4.39 Å². The first-order valence-corrected chi connectivity index (χ1v) is 9.75. The zero-order valence-electron chi connectivity index (χ0n) is 14.9. The van der Waals surface area contributed by atoms with Gasteiger partial charge in [-0.15, -0.1) is 0 Å². The number of benzene rings is 1. The van der Waals surface area contributed by atoms with Gasteiger partial charge in [-0.2, -0.15) is 4.37 Å². The number of aromatic hydroxyl groups is 1. The summed E-state index contributed by atoms with van der Waals surface area (Å²) in [6, 6.07) is 1.11. The van der Waals surface area contributed by atoms with E-state index in [0.717, 1.165) is 11.5 Å². The Morgan fingerprint density at radius 2 is 2.32 bits per heavy atom. The van der Waals surface area contributed by atoms with E-state index in [-0.39, 0.29) is 28.6 Å². The van der Waals surface area contributed by atoms with Gasteiger partial charge < -0.3 is 24.9 Å². The van der Waals surface area contributed by atoms with Gasteiger partial charge in [-0.1, -0.05) is 5.16 Å². The maximum Gasteiger partial charge on any atom is 0.236 e. The summed E-state index contributed by atoms with van der Waals surface area (Å²) in [5.41, 5.74) is 0.459. The van der Waals surface area contributed by atoms with Crippen LogP contribution in [0.25, 0.3) is 21.1 Å². The summed E-state index contributed by atoms with van der Waals surface area (Å²) in [6.45, 7) is 2.79. The van der Waals surface area contributed by atoms with E-state index in [1.165, 1.54) is 6.07 Å². The molecule has 8 nitrogen and oxygen atoms in total. The Bertz CT molecular complexity index is 1220. The van der Waals surface area contributed by atoms with Crippen LogP contribution >= 0.6 is 11.5 Å². The average Bonchev–Trinajstić information content (AvgIpc) is 3.08. The second-order valence-electron chi connectivity index (χ2n) is 7.21. The van der Waals surface area contributed by atoms with Crippen LogP contribution in [0.3, 0.4) is 0 Å². The SMILES string of the molecule is CC1COc2c(C3CCN/C(=N/O)C3)c(F)cc3c(=O)c4c(O)nsc4n1c23. The molecule has 5 rings (SSSR count). The van der Waals surface area contributed by atoms with E-state index in [4.69, 9.17) is 9.94 Å². The fourth-order valence-electron chi connectivity index (χ4n) is 4.26. The number of piperidine rings is 1. The van der Waals surface area contributed by atoms with Gasteiger partial charge in [-0.05, 0) is 36.9 Å². The average molecular weight is 404 g/mol. The highest BCUT2D eigenvalue weighted by atomic mass is 32.1. The van der Waals surface area contributed by atoms with E-state index in [9.17, 15) is 9.90 Å². The van der Waals surface area contributed by atoms with Gasteiger partial charge >= 0.3 is 0 Å². The highest BCUT2D eigenvalue weighted by Crippen LogP contribution is 2.44. The van der Waals surface area contributed by atoms with Crippen molar-refractivity contribution < 1.29 is 19.4 Å². The third-order valence-corrected chi connectivity index (χ3v) is 6.37. The van der Waals surface area contributed by atoms with Crippen molar-refractivity contribution in [2.24, 2.45) is 5.16 Å². The lowest BCUT2D eigenvalue weighted by Gasteiger charge is -2.32. The van der Waals surface area contributed by atoms with Crippen LogP contribution in [-0.2, 0) is 0 Å². The van der Waals surface area contributed by atoms with E-state index in [0.29, 0.717) is 53.5 Å². The number of rotatable bonds is 1. The zero-order chi connectivity index (χ0) is 19.6. The molecule has 0 spiro atoms. The van der Waals surface area contributed by atoms with Crippen molar-refractivity contribution >= 4 is 38.5 Å². The fraction of sp³-hybridized carbons (Fsp3) is 0.389. The van der Waals surface area contributed by atoms with Crippen molar-refractivity contribution in [2.75, 3.05) is 13.2 Å². The lowest BCUT2D eigenvalue weighted by Crippen LogP contribution is -2.34. The monoisotopic (exact) mass is 404 g/mol. The summed E-state index contributed by atoms with van der Waals surface area (Å²) in [5, 5.41) is 25.6. The van der Waals surface area contributed by atoms with Gasteiger partial charge in [0, 0.05) is 18.5 Å². The Hall–Kier alpha value is -2.88. The van der Waals surface area contributed by atoms with Crippen LogP contribution in [0.1, 0.15) is 37.3 Å². The number of nitrogens with one attached hydrogen (secondary N) is 1. The molecular weight excluding hydrogens is 387 g/mol. The molecule has 2 aliphatic heterocycles. The first kappa shape index (κ1) is 17.2. The van der Waals surface area contributed by atoms with Crippen LogP contribution in [0, 0.1) is 5.82 Å². The fourth-order valence-corrected chi connectivity index (χ4v) is 5.16. The van der Waals surface area contributed by atoms with Crippen LogP contribution in [0.2, 0.25) is 0 Å². The van der Waals surface area contributed by atoms with Crippen molar-refractivity contribution in [3.63, 3.8) is 0 Å². The molecule has 0 amide bonds. The summed E-state index contributed by atoms with van der Waals surface area (Å²) >= 11 is 1.04. The summed E-state index contributed by atoms with van der Waals surface area (Å²) in [4.78, 5) is 13.5. The Kier molecular flexibility index (Phi) is 3.73. The zero-order valence-corrected chi connectivity index (χ0v) is 15.7. The molecule has 0 aliphatic carbocycles.